The van der Waals surface area contributed by atoms with Gasteiger partial charge in [0.1, 0.15) is 34.5 Å². The summed E-state index contributed by atoms with van der Waals surface area (Å²) >= 11 is 0. The Balaban J connectivity index is 2.27. The van der Waals surface area contributed by atoms with Gasteiger partial charge in [0.05, 0.1) is 0 Å². The Kier molecular flexibility index (Phi) is 4.02. The first-order valence-corrected chi connectivity index (χ1v) is 7.42. The molecule has 0 atom stereocenters. The Morgan fingerprint density at radius 3 is 0.960 bits per heavy atom. The Bertz CT molecular complexity index is 813. The van der Waals surface area contributed by atoms with Crippen LogP contribution in [0.4, 0.5) is 0 Å². The van der Waals surface area contributed by atoms with Crippen molar-refractivity contribution < 1.29 is 30.6 Å². The molecule has 0 aliphatic rings. The van der Waals surface area contributed by atoms with Gasteiger partial charge in [-0.25, -0.2) is 0 Å². The largest absolute Gasteiger partial charge is 0.508 e. The average molecular weight is 340 g/mol. The first kappa shape index (κ1) is 16.3. The maximum atomic E-state index is 10.3. The van der Waals surface area contributed by atoms with Gasteiger partial charge in [-0.2, -0.15) is 0 Å². The second kappa shape index (κ2) is 6.16. The van der Waals surface area contributed by atoms with Gasteiger partial charge in [0.2, 0.25) is 0 Å². The third-order valence-electron chi connectivity index (χ3n) is 3.98. The monoisotopic (exact) mass is 340 g/mol. The molecular weight excluding hydrogens is 324 g/mol. The van der Waals surface area contributed by atoms with Gasteiger partial charge in [-0.05, 0) is 18.2 Å². The highest BCUT2D eigenvalue weighted by molar-refractivity contribution is 5.58. The third kappa shape index (κ3) is 3.10. The maximum Gasteiger partial charge on any atom is 0.123 e. The number of hydrogen-bond acceptors (Lipinski definition) is 6. The summed E-state index contributed by atoms with van der Waals surface area (Å²) in [5, 5.41) is 59.3. The molecule has 0 aromatic heterocycles. The zero-order valence-corrected chi connectivity index (χ0v) is 13.0. The standard InChI is InChI=1S/C19H16O6/c20-10-1-4-13(16(23)7-10)19(14-5-2-11(21)8-17(14)24)15-6-3-12(22)9-18(15)25/h1-9,19-25H. The van der Waals surface area contributed by atoms with Crippen LogP contribution in [0.15, 0.2) is 54.6 Å². The second-order valence-corrected chi connectivity index (χ2v) is 5.66. The van der Waals surface area contributed by atoms with Crippen LogP contribution in [0, 0.1) is 0 Å². The molecule has 3 aromatic carbocycles. The van der Waals surface area contributed by atoms with Crippen LogP contribution in [-0.2, 0) is 0 Å². The number of rotatable bonds is 3. The lowest BCUT2D eigenvalue weighted by molar-refractivity contribution is 0.434. The van der Waals surface area contributed by atoms with E-state index >= 15 is 0 Å². The van der Waals surface area contributed by atoms with Crippen molar-refractivity contribution >= 4 is 0 Å². The summed E-state index contributed by atoms with van der Waals surface area (Å²) in [6, 6.07) is 12.0. The van der Waals surface area contributed by atoms with E-state index in [1.807, 2.05) is 0 Å². The van der Waals surface area contributed by atoms with Crippen LogP contribution in [-0.4, -0.2) is 30.6 Å². The van der Waals surface area contributed by atoms with Gasteiger partial charge in [0.15, 0.2) is 0 Å². The molecule has 0 saturated carbocycles. The van der Waals surface area contributed by atoms with Crippen molar-refractivity contribution in [3.8, 4) is 34.5 Å². The van der Waals surface area contributed by atoms with Crippen LogP contribution >= 0.6 is 0 Å². The van der Waals surface area contributed by atoms with E-state index in [1.165, 1.54) is 36.4 Å². The zero-order valence-electron chi connectivity index (χ0n) is 13.0. The van der Waals surface area contributed by atoms with Crippen molar-refractivity contribution in [2.45, 2.75) is 5.92 Å². The molecule has 0 aliphatic heterocycles. The van der Waals surface area contributed by atoms with Crippen LogP contribution in [0.5, 0.6) is 34.5 Å². The van der Waals surface area contributed by atoms with Crippen molar-refractivity contribution in [1.82, 2.24) is 0 Å². The molecule has 3 rings (SSSR count). The fourth-order valence-electron chi connectivity index (χ4n) is 2.83. The Morgan fingerprint density at radius 2 is 0.720 bits per heavy atom. The van der Waals surface area contributed by atoms with Crippen LogP contribution in [0.1, 0.15) is 22.6 Å². The fourth-order valence-corrected chi connectivity index (χ4v) is 2.83. The van der Waals surface area contributed by atoms with Crippen LogP contribution in [0.25, 0.3) is 0 Å². The Labute approximate surface area is 143 Å². The molecule has 0 amide bonds. The van der Waals surface area contributed by atoms with Crippen LogP contribution in [0.2, 0.25) is 0 Å². The zero-order chi connectivity index (χ0) is 18.1. The molecule has 128 valence electrons. The number of benzene rings is 3. The molecule has 0 spiro atoms. The number of aromatic hydroxyl groups is 6. The lowest BCUT2D eigenvalue weighted by Crippen LogP contribution is -2.04. The van der Waals surface area contributed by atoms with Crippen LogP contribution in [0.3, 0.4) is 0 Å². The van der Waals surface area contributed by atoms with E-state index in [2.05, 4.69) is 0 Å². The molecule has 0 heterocycles. The fraction of sp³-hybridized carbons (Fsp3) is 0.0526. The van der Waals surface area contributed by atoms with E-state index in [1.54, 1.807) is 0 Å². The van der Waals surface area contributed by atoms with E-state index < -0.39 is 5.92 Å². The van der Waals surface area contributed by atoms with Crippen molar-refractivity contribution in [3.05, 3.63) is 71.3 Å². The Hall–Kier alpha value is -3.54. The maximum absolute atomic E-state index is 10.3. The SMILES string of the molecule is Oc1ccc(C(c2ccc(O)cc2O)c2ccc(O)cc2O)c(O)c1. The molecule has 25 heavy (non-hydrogen) atoms. The predicted molar refractivity (Wildman–Crippen MR) is 90.3 cm³/mol. The minimum Gasteiger partial charge on any atom is -0.508 e. The lowest BCUT2D eigenvalue weighted by Gasteiger charge is -2.22. The minimum absolute atomic E-state index is 0.134. The van der Waals surface area contributed by atoms with Gasteiger partial charge in [0, 0.05) is 40.8 Å². The number of hydrogen-bond donors (Lipinski definition) is 6. The highest BCUT2D eigenvalue weighted by Gasteiger charge is 2.26. The van der Waals surface area contributed by atoms with Crippen molar-refractivity contribution in [2.24, 2.45) is 0 Å². The van der Waals surface area contributed by atoms with Gasteiger partial charge in [0.25, 0.3) is 0 Å². The molecule has 6 nitrogen and oxygen atoms in total. The summed E-state index contributed by atoms with van der Waals surface area (Å²) < 4.78 is 0. The summed E-state index contributed by atoms with van der Waals surface area (Å²) in [5.41, 5.74) is 0.958. The average Bonchev–Trinajstić information content (AvgIpc) is 2.52. The van der Waals surface area contributed by atoms with E-state index in [4.69, 9.17) is 0 Å². The molecule has 0 fully saturated rings. The van der Waals surface area contributed by atoms with E-state index in [0.29, 0.717) is 16.7 Å². The van der Waals surface area contributed by atoms with Gasteiger partial charge in [-0.3, -0.25) is 0 Å². The normalized spacial score (nSPS) is 10.9. The molecule has 6 N–H and O–H groups in total. The van der Waals surface area contributed by atoms with Gasteiger partial charge in [-0.15, -0.1) is 0 Å². The summed E-state index contributed by atoms with van der Waals surface area (Å²) in [7, 11) is 0. The highest BCUT2D eigenvalue weighted by Crippen LogP contribution is 2.45. The summed E-state index contributed by atoms with van der Waals surface area (Å²) in [6.45, 7) is 0. The smallest absolute Gasteiger partial charge is 0.123 e. The topological polar surface area (TPSA) is 121 Å². The Morgan fingerprint density at radius 1 is 0.440 bits per heavy atom. The minimum atomic E-state index is -0.804. The predicted octanol–water partition coefficient (Wildman–Crippen LogP) is 3.10. The summed E-state index contributed by atoms with van der Waals surface area (Å²) in [4.78, 5) is 0. The second-order valence-electron chi connectivity index (χ2n) is 5.66. The first-order chi connectivity index (χ1) is 11.9. The van der Waals surface area contributed by atoms with E-state index in [-0.39, 0.29) is 34.5 Å². The molecular formula is C19H16O6. The van der Waals surface area contributed by atoms with Crippen molar-refractivity contribution in [2.75, 3.05) is 0 Å². The van der Waals surface area contributed by atoms with Crippen LogP contribution < -0.4 is 0 Å². The first-order valence-electron chi connectivity index (χ1n) is 7.42. The third-order valence-corrected chi connectivity index (χ3v) is 3.98. The number of phenols is 6. The molecule has 6 heteroatoms. The van der Waals surface area contributed by atoms with E-state index in [0.717, 1.165) is 18.2 Å². The molecule has 0 saturated heterocycles. The molecule has 3 aromatic rings. The number of phenolic OH excluding ortho intramolecular Hbond substituents is 6. The van der Waals surface area contributed by atoms with Gasteiger partial charge < -0.3 is 30.6 Å². The quantitative estimate of drug-likeness (QED) is 0.408. The molecule has 0 aliphatic carbocycles. The summed E-state index contributed by atoms with van der Waals surface area (Å²) in [5.74, 6) is -1.90. The summed E-state index contributed by atoms with van der Waals surface area (Å²) in [6.07, 6.45) is 0. The molecule has 0 bridgehead atoms. The molecule has 0 unspecified atom stereocenters. The van der Waals surface area contributed by atoms with Crippen molar-refractivity contribution in [1.29, 1.82) is 0 Å². The lowest BCUT2D eigenvalue weighted by atomic mass is 9.83. The van der Waals surface area contributed by atoms with Gasteiger partial charge >= 0.3 is 0 Å². The molecule has 0 radical (unpaired) electrons. The van der Waals surface area contributed by atoms with Crippen molar-refractivity contribution in [3.63, 3.8) is 0 Å². The highest BCUT2D eigenvalue weighted by atomic mass is 16.3. The van der Waals surface area contributed by atoms with Gasteiger partial charge in [-0.1, -0.05) is 18.2 Å². The van der Waals surface area contributed by atoms with E-state index in [9.17, 15) is 30.6 Å².